The Bertz CT molecular complexity index is 1440. The largest absolute Gasteiger partial charge is 0.481 e. The van der Waals surface area contributed by atoms with Gasteiger partial charge in [0, 0.05) is 24.6 Å². The van der Waals surface area contributed by atoms with E-state index in [4.69, 9.17) is 14.6 Å². The molecule has 1 aromatic heterocycles. The van der Waals surface area contributed by atoms with Gasteiger partial charge in [-0.05, 0) is 56.2 Å². The fourth-order valence-electron chi connectivity index (χ4n) is 7.47. The summed E-state index contributed by atoms with van der Waals surface area (Å²) in [6.45, 7) is 1.68. The fraction of sp³-hybridized carbons (Fsp3) is 0.536. The highest BCUT2D eigenvalue weighted by Crippen LogP contribution is 2.65. The molecule has 5 aliphatic rings. The zero-order valence-corrected chi connectivity index (χ0v) is 21.8. The van der Waals surface area contributed by atoms with E-state index in [1.54, 1.807) is 6.07 Å². The van der Waals surface area contributed by atoms with Crippen LogP contribution in [0.5, 0.6) is 11.5 Å². The number of carbonyl (C=O) groups excluding carboxylic acids is 2. The molecule has 0 amide bonds. The number of nitrogens with zero attached hydrogens (tertiary/aromatic N) is 1. The van der Waals surface area contributed by atoms with Gasteiger partial charge >= 0.3 is 11.9 Å². The summed E-state index contributed by atoms with van der Waals surface area (Å²) in [5.41, 5.74) is -0.389. The SMILES string of the molecule is O=C(O)Cc1sc(CC(=O)Oc2ccc3c4c2O[C@H]2C(=O)CC[C@@]5(O)[C@@H](C3)N(CC3CC3)CC[C@]425)c(F)c1F. The number of ether oxygens (including phenoxy) is 2. The molecule has 1 aromatic carbocycles. The van der Waals surface area contributed by atoms with Gasteiger partial charge in [0.25, 0.3) is 0 Å². The van der Waals surface area contributed by atoms with Crippen LogP contribution in [0.25, 0.3) is 0 Å². The number of aliphatic hydroxyl groups is 1. The second-order valence-electron chi connectivity index (χ2n) is 11.5. The first kappa shape index (κ1) is 25.1. The van der Waals surface area contributed by atoms with E-state index < -0.39 is 53.5 Å². The monoisotopic (exact) mass is 559 g/mol. The zero-order chi connectivity index (χ0) is 27.3. The Hall–Kier alpha value is -2.89. The molecule has 4 atom stereocenters. The number of carboxylic acids is 1. The van der Waals surface area contributed by atoms with Gasteiger partial charge in [-0.25, -0.2) is 8.78 Å². The summed E-state index contributed by atoms with van der Waals surface area (Å²) in [5.74, 6) is -3.82. The predicted molar refractivity (Wildman–Crippen MR) is 133 cm³/mol. The highest BCUT2D eigenvalue weighted by atomic mass is 32.1. The van der Waals surface area contributed by atoms with Crippen LogP contribution in [-0.2, 0) is 39.1 Å². The molecule has 2 N–H and O–H groups in total. The van der Waals surface area contributed by atoms with Gasteiger partial charge < -0.3 is 19.7 Å². The number of esters is 1. The molecule has 1 spiro atoms. The van der Waals surface area contributed by atoms with Crippen LogP contribution >= 0.6 is 11.3 Å². The molecule has 206 valence electrons. The first-order valence-corrected chi connectivity index (χ1v) is 14.1. The number of halogens is 2. The molecule has 3 fully saturated rings. The maximum absolute atomic E-state index is 14.4. The van der Waals surface area contributed by atoms with Crippen molar-refractivity contribution in [3.05, 3.63) is 44.6 Å². The Kier molecular flexibility index (Phi) is 5.51. The molecule has 11 heteroatoms. The quantitative estimate of drug-likeness (QED) is 0.394. The molecule has 2 saturated carbocycles. The molecule has 39 heavy (non-hydrogen) atoms. The van der Waals surface area contributed by atoms with E-state index in [2.05, 4.69) is 4.90 Å². The maximum Gasteiger partial charge on any atom is 0.316 e. The molecule has 3 heterocycles. The van der Waals surface area contributed by atoms with E-state index in [9.17, 15) is 28.3 Å². The number of Topliss-reactive ketones (excluding diaryl/α,β-unsaturated/α-hetero) is 1. The van der Waals surface area contributed by atoms with E-state index in [-0.39, 0.29) is 39.5 Å². The lowest BCUT2D eigenvalue weighted by Crippen LogP contribution is -2.76. The Morgan fingerprint density at radius 3 is 2.62 bits per heavy atom. The minimum Gasteiger partial charge on any atom is -0.481 e. The van der Waals surface area contributed by atoms with E-state index >= 15 is 0 Å². The first-order valence-electron chi connectivity index (χ1n) is 13.3. The predicted octanol–water partition coefficient (Wildman–Crippen LogP) is 2.93. The van der Waals surface area contributed by atoms with Crippen molar-refractivity contribution < 1.29 is 42.9 Å². The fourth-order valence-corrected chi connectivity index (χ4v) is 8.51. The van der Waals surface area contributed by atoms with Crippen LogP contribution in [0.15, 0.2) is 12.1 Å². The van der Waals surface area contributed by atoms with Gasteiger partial charge in [-0.15, -0.1) is 11.3 Å². The smallest absolute Gasteiger partial charge is 0.316 e. The molecular weight excluding hydrogens is 532 g/mol. The molecule has 0 radical (unpaired) electrons. The summed E-state index contributed by atoms with van der Waals surface area (Å²) < 4.78 is 40.3. The lowest BCUT2D eigenvalue weighted by Gasteiger charge is -2.62. The Labute approximate surface area is 226 Å². The van der Waals surface area contributed by atoms with Crippen molar-refractivity contribution in [1.29, 1.82) is 0 Å². The molecule has 7 rings (SSSR count). The third kappa shape index (κ3) is 3.55. The third-order valence-electron chi connectivity index (χ3n) is 9.31. The summed E-state index contributed by atoms with van der Waals surface area (Å²) in [6, 6.07) is 3.31. The van der Waals surface area contributed by atoms with Gasteiger partial charge in [-0.2, -0.15) is 0 Å². The minimum atomic E-state index is -1.31. The second-order valence-corrected chi connectivity index (χ2v) is 12.7. The van der Waals surface area contributed by atoms with Crippen LogP contribution in [0.2, 0.25) is 0 Å². The van der Waals surface area contributed by atoms with E-state index in [0.29, 0.717) is 36.5 Å². The Morgan fingerprint density at radius 1 is 1.15 bits per heavy atom. The van der Waals surface area contributed by atoms with Crippen molar-refractivity contribution in [2.75, 3.05) is 13.1 Å². The lowest BCUT2D eigenvalue weighted by molar-refractivity contribution is -0.188. The summed E-state index contributed by atoms with van der Waals surface area (Å²) in [7, 11) is 0. The van der Waals surface area contributed by atoms with Gasteiger partial charge in [0.2, 0.25) is 0 Å². The van der Waals surface area contributed by atoms with Crippen LogP contribution in [0.1, 0.15) is 53.0 Å². The molecule has 2 bridgehead atoms. The van der Waals surface area contributed by atoms with Crippen molar-refractivity contribution in [2.24, 2.45) is 5.92 Å². The molecule has 2 aliphatic heterocycles. The highest BCUT2D eigenvalue weighted by molar-refractivity contribution is 7.12. The van der Waals surface area contributed by atoms with Crippen molar-refractivity contribution in [1.82, 2.24) is 4.90 Å². The second kappa shape index (κ2) is 8.55. The van der Waals surface area contributed by atoms with Crippen LogP contribution < -0.4 is 9.47 Å². The number of rotatable bonds is 7. The zero-order valence-electron chi connectivity index (χ0n) is 21.0. The summed E-state index contributed by atoms with van der Waals surface area (Å²) in [4.78, 5) is 38.8. The van der Waals surface area contributed by atoms with Crippen molar-refractivity contribution >= 4 is 29.1 Å². The van der Waals surface area contributed by atoms with Crippen molar-refractivity contribution in [3.63, 3.8) is 0 Å². The van der Waals surface area contributed by atoms with Crippen molar-refractivity contribution in [3.8, 4) is 11.5 Å². The number of hydrogen-bond acceptors (Lipinski definition) is 8. The molecule has 3 aliphatic carbocycles. The molecule has 2 aromatic rings. The molecule has 1 saturated heterocycles. The van der Waals surface area contributed by atoms with Crippen molar-refractivity contribution in [2.45, 2.75) is 74.5 Å². The highest BCUT2D eigenvalue weighted by Gasteiger charge is 2.73. The number of thiophene rings is 1. The number of carboxylic acid groups (broad SMARTS) is 1. The topological polar surface area (TPSA) is 113 Å². The average Bonchev–Trinajstić information content (AvgIpc) is 3.57. The van der Waals surface area contributed by atoms with E-state index in [1.807, 2.05) is 6.07 Å². The summed E-state index contributed by atoms with van der Waals surface area (Å²) >= 11 is 0.581. The number of hydrogen-bond donors (Lipinski definition) is 2. The molecule has 0 unspecified atom stereocenters. The maximum atomic E-state index is 14.4. The summed E-state index contributed by atoms with van der Waals surface area (Å²) in [5, 5.41) is 21.2. The van der Waals surface area contributed by atoms with Gasteiger partial charge in [-0.1, -0.05) is 6.07 Å². The van der Waals surface area contributed by atoms with E-state index in [0.717, 1.165) is 24.2 Å². The molecular formula is C28H27F2NO7S. The van der Waals surface area contributed by atoms with Crippen LogP contribution in [0, 0.1) is 17.6 Å². The standard InChI is InChI=1S/C28H27F2NO7S/c29-23-17(10-20(33)34)39-18(24(23)30)11-21(35)37-16-4-3-14-9-19-28(36)6-5-15(32)26-27(28,22(14)25(16)38-26)7-8-31(19)12-13-1-2-13/h3-4,13,19,26,36H,1-2,5-12H2,(H,33,34)/t19-,26+,27+,28-/m1/s1. The Morgan fingerprint density at radius 2 is 1.90 bits per heavy atom. The number of benzene rings is 1. The number of aliphatic carboxylic acids is 1. The number of piperidine rings is 1. The summed E-state index contributed by atoms with van der Waals surface area (Å²) in [6.07, 6.45) is 1.94. The van der Waals surface area contributed by atoms with E-state index in [1.165, 1.54) is 12.8 Å². The average molecular weight is 560 g/mol. The first-order chi connectivity index (χ1) is 18.6. The normalized spacial score (nSPS) is 30.6. The lowest BCUT2D eigenvalue weighted by atomic mass is 9.49. The van der Waals surface area contributed by atoms with Crippen LogP contribution in [0.4, 0.5) is 8.78 Å². The van der Waals surface area contributed by atoms with Crippen LogP contribution in [0.3, 0.4) is 0 Å². The Balaban J connectivity index is 1.22. The minimum absolute atomic E-state index is 0.0692. The van der Waals surface area contributed by atoms with Gasteiger partial charge in [0.15, 0.2) is 35.0 Å². The number of carbonyl (C=O) groups is 3. The van der Waals surface area contributed by atoms with Gasteiger partial charge in [-0.3, -0.25) is 19.3 Å². The van der Waals surface area contributed by atoms with Gasteiger partial charge in [0.05, 0.1) is 33.6 Å². The van der Waals surface area contributed by atoms with Crippen LogP contribution in [-0.4, -0.2) is 63.7 Å². The third-order valence-corrected chi connectivity index (χ3v) is 10.5. The number of likely N-dealkylation sites (tertiary alicyclic amines) is 1. The molecule has 8 nitrogen and oxygen atoms in total. The van der Waals surface area contributed by atoms with Gasteiger partial charge in [0.1, 0.15) is 0 Å². The number of ketones is 1.